The molecular formula is C27H31N3O3. The SMILES string of the molecule is Cc1noc(C)c1CCC(=O)N1CCN(C)C(=O)[C@H](Cc2ccccc2-c2ccccc2)C1. The number of carbonyl (C=O) groups is 2. The van der Waals surface area contributed by atoms with E-state index in [1.165, 1.54) is 0 Å². The van der Waals surface area contributed by atoms with E-state index in [-0.39, 0.29) is 17.7 Å². The van der Waals surface area contributed by atoms with Crippen molar-refractivity contribution < 1.29 is 14.1 Å². The predicted molar refractivity (Wildman–Crippen MR) is 128 cm³/mol. The van der Waals surface area contributed by atoms with Gasteiger partial charge in [0.1, 0.15) is 5.76 Å². The Morgan fingerprint density at radius 1 is 1.06 bits per heavy atom. The number of rotatable bonds is 6. The molecule has 0 radical (unpaired) electrons. The van der Waals surface area contributed by atoms with Gasteiger partial charge in [-0.1, -0.05) is 59.8 Å². The first kappa shape index (κ1) is 22.8. The molecule has 0 saturated carbocycles. The molecule has 2 heterocycles. The van der Waals surface area contributed by atoms with Crippen LogP contribution in [0.4, 0.5) is 0 Å². The van der Waals surface area contributed by atoms with Crippen LogP contribution >= 0.6 is 0 Å². The largest absolute Gasteiger partial charge is 0.361 e. The quantitative estimate of drug-likeness (QED) is 0.574. The van der Waals surface area contributed by atoms with Crippen LogP contribution in [0.2, 0.25) is 0 Å². The summed E-state index contributed by atoms with van der Waals surface area (Å²) in [6, 6.07) is 18.5. The lowest BCUT2D eigenvalue weighted by Crippen LogP contribution is -2.37. The molecule has 3 aromatic rings. The number of aromatic nitrogens is 1. The van der Waals surface area contributed by atoms with Crippen LogP contribution in [-0.4, -0.2) is 53.5 Å². The van der Waals surface area contributed by atoms with Crippen LogP contribution in [0.1, 0.15) is 29.0 Å². The van der Waals surface area contributed by atoms with Crippen molar-refractivity contribution in [2.75, 3.05) is 26.7 Å². The topological polar surface area (TPSA) is 66.7 Å². The molecule has 0 bridgehead atoms. The average Bonchev–Trinajstić information content (AvgIpc) is 3.08. The van der Waals surface area contributed by atoms with E-state index in [1.807, 2.05) is 56.1 Å². The Bertz CT molecular complexity index is 1100. The predicted octanol–water partition coefficient (Wildman–Crippen LogP) is 4.05. The third kappa shape index (κ3) is 5.16. The van der Waals surface area contributed by atoms with Gasteiger partial charge in [0, 0.05) is 38.7 Å². The second-order valence-electron chi connectivity index (χ2n) is 8.83. The van der Waals surface area contributed by atoms with E-state index >= 15 is 0 Å². The number of carbonyl (C=O) groups excluding carboxylic acids is 2. The average molecular weight is 446 g/mol. The third-order valence-corrected chi connectivity index (χ3v) is 6.56. The summed E-state index contributed by atoms with van der Waals surface area (Å²) in [5.41, 5.74) is 5.23. The molecule has 33 heavy (non-hydrogen) atoms. The highest BCUT2D eigenvalue weighted by atomic mass is 16.5. The second kappa shape index (κ2) is 10.0. The standard InChI is InChI=1S/C27H31N3O3/c1-19-24(20(2)33-28-19)13-14-26(31)30-16-15-29(3)27(32)23(18-30)17-22-11-7-8-12-25(22)21-9-5-4-6-10-21/h4-12,23H,13-18H2,1-3H3/t23-/m1/s1. The molecule has 2 amide bonds. The molecule has 6 nitrogen and oxygen atoms in total. The minimum Gasteiger partial charge on any atom is -0.361 e. The summed E-state index contributed by atoms with van der Waals surface area (Å²) >= 11 is 0. The van der Waals surface area contributed by atoms with Crippen LogP contribution in [-0.2, 0) is 22.4 Å². The minimum absolute atomic E-state index is 0.0689. The maximum atomic E-state index is 13.2. The second-order valence-corrected chi connectivity index (χ2v) is 8.83. The first-order chi connectivity index (χ1) is 15.9. The van der Waals surface area contributed by atoms with Gasteiger partial charge < -0.3 is 14.3 Å². The van der Waals surface area contributed by atoms with Gasteiger partial charge in [-0.15, -0.1) is 0 Å². The molecule has 4 rings (SSSR count). The molecule has 0 spiro atoms. The van der Waals surface area contributed by atoms with Crippen LogP contribution in [0.15, 0.2) is 59.1 Å². The zero-order valence-electron chi connectivity index (χ0n) is 19.6. The number of benzene rings is 2. The fraction of sp³-hybridized carbons (Fsp3) is 0.370. The highest BCUT2D eigenvalue weighted by molar-refractivity contribution is 5.82. The van der Waals surface area contributed by atoms with Gasteiger partial charge in [-0.2, -0.15) is 0 Å². The van der Waals surface area contributed by atoms with E-state index in [1.54, 1.807) is 4.90 Å². The van der Waals surface area contributed by atoms with E-state index < -0.39 is 0 Å². The van der Waals surface area contributed by atoms with Crippen LogP contribution in [0.5, 0.6) is 0 Å². The molecule has 1 aliphatic heterocycles. The molecule has 1 aliphatic rings. The molecule has 1 atom stereocenters. The van der Waals surface area contributed by atoms with Crippen LogP contribution in [0.25, 0.3) is 11.1 Å². The van der Waals surface area contributed by atoms with Gasteiger partial charge in [0.25, 0.3) is 0 Å². The van der Waals surface area contributed by atoms with Crippen LogP contribution in [0, 0.1) is 19.8 Å². The van der Waals surface area contributed by atoms with Crippen molar-refractivity contribution in [2.45, 2.75) is 33.1 Å². The number of hydrogen-bond donors (Lipinski definition) is 0. The molecule has 6 heteroatoms. The molecule has 2 aromatic carbocycles. The van der Waals surface area contributed by atoms with Crippen molar-refractivity contribution >= 4 is 11.8 Å². The summed E-state index contributed by atoms with van der Waals surface area (Å²) in [5, 5.41) is 3.98. The highest BCUT2D eigenvalue weighted by Crippen LogP contribution is 2.27. The van der Waals surface area contributed by atoms with Crippen molar-refractivity contribution in [1.29, 1.82) is 0 Å². The van der Waals surface area contributed by atoms with Gasteiger partial charge >= 0.3 is 0 Å². The number of likely N-dealkylation sites (N-methyl/N-ethyl adjacent to an activating group) is 1. The summed E-state index contributed by atoms with van der Waals surface area (Å²) < 4.78 is 5.23. The van der Waals surface area contributed by atoms with Gasteiger partial charge in [0.15, 0.2) is 0 Å². The Kier molecular flexibility index (Phi) is 6.92. The van der Waals surface area contributed by atoms with E-state index in [0.29, 0.717) is 38.9 Å². The third-order valence-electron chi connectivity index (χ3n) is 6.56. The Labute approximate surface area is 195 Å². The van der Waals surface area contributed by atoms with Gasteiger partial charge in [-0.25, -0.2) is 0 Å². The minimum atomic E-state index is -0.273. The summed E-state index contributed by atoms with van der Waals surface area (Å²) in [4.78, 5) is 29.9. The maximum Gasteiger partial charge on any atom is 0.227 e. The normalized spacial score (nSPS) is 16.7. The first-order valence-corrected chi connectivity index (χ1v) is 11.5. The van der Waals surface area contributed by atoms with Crippen molar-refractivity contribution in [3.05, 3.63) is 77.2 Å². The Hall–Kier alpha value is -3.41. The molecule has 0 aliphatic carbocycles. The van der Waals surface area contributed by atoms with Crippen molar-refractivity contribution in [1.82, 2.24) is 15.0 Å². The van der Waals surface area contributed by atoms with E-state index in [4.69, 9.17) is 4.52 Å². The van der Waals surface area contributed by atoms with Crippen molar-refractivity contribution in [2.24, 2.45) is 5.92 Å². The number of amides is 2. The van der Waals surface area contributed by atoms with E-state index in [2.05, 4.69) is 29.4 Å². The van der Waals surface area contributed by atoms with Crippen molar-refractivity contribution in [3.63, 3.8) is 0 Å². The smallest absolute Gasteiger partial charge is 0.227 e. The lowest BCUT2D eigenvalue weighted by molar-refractivity contribution is -0.134. The van der Waals surface area contributed by atoms with Crippen LogP contribution < -0.4 is 0 Å². The number of hydrogen-bond acceptors (Lipinski definition) is 4. The van der Waals surface area contributed by atoms with Gasteiger partial charge in [0.05, 0.1) is 11.6 Å². The lowest BCUT2D eigenvalue weighted by Gasteiger charge is -2.24. The Balaban J connectivity index is 1.51. The molecule has 1 fully saturated rings. The number of aryl methyl sites for hydroxylation is 2. The van der Waals surface area contributed by atoms with Gasteiger partial charge in [-0.05, 0) is 43.4 Å². The monoisotopic (exact) mass is 445 g/mol. The molecule has 172 valence electrons. The Morgan fingerprint density at radius 3 is 2.52 bits per heavy atom. The fourth-order valence-corrected chi connectivity index (χ4v) is 4.62. The molecule has 1 saturated heterocycles. The summed E-state index contributed by atoms with van der Waals surface area (Å²) in [6.07, 6.45) is 1.58. The van der Waals surface area contributed by atoms with E-state index in [0.717, 1.165) is 33.7 Å². The fourth-order valence-electron chi connectivity index (χ4n) is 4.62. The van der Waals surface area contributed by atoms with E-state index in [9.17, 15) is 9.59 Å². The van der Waals surface area contributed by atoms with Gasteiger partial charge in [-0.3, -0.25) is 9.59 Å². The number of nitrogens with zero attached hydrogens (tertiary/aromatic N) is 3. The molecular weight excluding hydrogens is 414 g/mol. The maximum absolute atomic E-state index is 13.2. The lowest BCUT2D eigenvalue weighted by atomic mass is 9.91. The van der Waals surface area contributed by atoms with Crippen LogP contribution in [0.3, 0.4) is 0 Å². The molecule has 1 aromatic heterocycles. The summed E-state index contributed by atoms with van der Waals surface area (Å²) in [5.74, 6) is 0.658. The van der Waals surface area contributed by atoms with Crippen molar-refractivity contribution in [3.8, 4) is 11.1 Å². The molecule has 0 N–H and O–H groups in total. The Morgan fingerprint density at radius 2 is 1.79 bits per heavy atom. The van der Waals surface area contributed by atoms with Gasteiger partial charge in [0.2, 0.25) is 11.8 Å². The first-order valence-electron chi connectivity index (χ1n) is 11.5. The summed E-state index contributed by atoms with van der Waals surface area (Å²) in [6.45, 7) is 5.31. The highest BCUT2D eigenvalue weighted by Gasteiger charge is 2.31. The molecule has 0 unspecified atom stereocenters. The zero-order chi connectivity index (χ0) is 23.4. The summed E-state index contributed by atoms with van der Waals surface area (Å²) in [7, 11) is 1.83. The zero-order valence-corrected chi connectivity index (χ0v) is 19.6.